The maximum Gasteiger partial charge on any atom is 0.123 e. The third kappa shape index (κ3) is 2.31. The Bertz CT molecular complexity index is 125. The number of rotatable bonds is 3. The summed E-state index contributed by atoms with van der Waals surface area (Å²) < 4.78 is 0. The van der Waals surface area contributed by atoms with E-state index in [1.165, 1.54) is 12.8 Å². The van der Waals surface area contributed by atoms with Crippen molar-refractivity contribution in [1.82, 2.24) is 5.32 Å². The highest BCUT2D eigenvalue weighted by molar-refractivity contribution is 5.51. The number of carbonyl (C=O) groups excluding carboxylic acids is 1. The molecular weight excluding hydrogens is 126 g/mol. The second-order valence-electron chi connectivity index (χ2n) is 2.53. The van der Waals surface area contributed by atoms with Gasteiger partial charge in [-0.1, -0.05) is 12.2 Å². The fourth-order valence-electron chi connectivity index (χ4n) is 1.17. The van der Waals surface area contributed by atoms with Gasteiger partial charge in [0.1, 0.15) is 6.29 Å². The minimum Gasteiger partial charge on any atom is -0.311 e. The van der Waals surface area contributed by atoms with Crippen LogP contribution in [0.1, 0.15) is 19.3 Å². The number of allylic oxidation sites excluding steroid dienone is 1. The van der Waals surface area contributed by atoms with Crippen LogP contribution < -0.4 is 5.32 Å². The van der Waals surface area contributed by atoms with E-state index in [-0.39, 0.29) is 0 Å². The van der Waals surface area contributed by atoms with Gasteiger partial charge in [-0.3, -0.25) is 0 Å². The molecule has 1 N–H and O–H groups in total. The van der Waals surface area contributed by atoms with E-state index in [0.29, 0.717) is 12.5 Å². The van der Waals surface area contributed by atoms with Gasteiger partial charge in [-0.2, -0.15) is 0 Å². The molecule has 2 heteroatoms. The monoisotopic (exact) mass is 139 g/mol. The summed E-state index contributed by atoms with van der Waals surface area (Å²) in [6.45, 7) is 1.12. The number of nitrogens with one attached hydrogen (secondary N) is 1. The molecule has 0 amide bonds. The van der Waals surface area contributed by atoms with E-state index < -0.39 is 0 Å². The van der Waals surface area contributed by atoms with Crippen LogP contribution in [-0.4, -0.2) is 18.9 Å². The molecule has 0 radical (unpaired) electrons. The first-order valence-electron chi connectivity index (χ1n) is 3.77. The van der Waals surface area contributed by atoms with Gasteiger partial charge < -0.3 is 10.1 Å². The Kier molecular flexibility index (Phi) is 3.16. The van der Waals surface area contributed by atoms with E-state index in [0.717, 1.165) is 12.8 Å². The summed E-state index contributed by atoms with van der Waals surface area (Å²) in [5.41, 5.74) is 0. The lowest BCUT2D eigenvalue weighted by Crippen LogP contribution is -2.18. The van der Waals surface area contributed by atoms with Crippen molar-refractivity contribution in [3.63, 3.8) is 0 Å². The third-order valence-corrected chi connectivity index (χ3v) is 1.70. The summed E-state index contributed by atoms with van der Waals surface area (Å²) in [5, 5.41) is 3.31. The molecule has 2 nitrogen and oxygen atoms in total. The lowest BCUT2D eigenvalue weighted by Gasteiger charge is -2.00. The quantitative estimate of drug-likeness (QED) is 0.464. The summed E-state index contributed by atoms with van der Waals surface area (Å²) in [6.07, 6.45) is 7.96. The molecule has 0 bridgehead atoms. The lowest BCUT2D eigenvalue weighted by atomic mass is 10.2. The molecule has 1 rings (SSSR count). The molecule has 0 spiro atoms. The zero-order valence-electron chi connectivity index (χ0n) is 6.05. The molecule has 1 fully saturated rings. The van der Waals surface area contributed by atoms with Crippen LogP contribution in [0.3, 0.4) is 0 Å². The molecule has 0 aromatic carbocycles. The van der Waals surface area contributed by atoms with Gasteiger partial charge in [-0.05, 0) is 19.4 Å². The van der Waals surface area contributed by atoms with Crippen LogP contribution in [0.25, 0.3) is 0 Å². The van der Waals surface area contributed by atoms with E-state index in [9.17, 15) is 4.79 Å². The highest BCUT2D eigenvalue weighted by Gasteiger charge is 2.08. The zero-order chi connectivity index (χ0) is 7.23. The molecular formula is C8H13NO. The Morgan fingerprint density at radius 3 is 3.10 bits per heavy atom. The molecule has 0 aromatic rings. The topological polar surface area (TPSA) is 29.1 Å². The molecule has 1 heterocycles. The smallest absolute Gasteiger partial charge is 0.123 e. The predicted octanol–water partition coefficient (Wildman–Crippen LogP) is 0.884. The summed E-state index contributed by atoms with van der Waals surface area (Å²) in [7, 11) is 0. The van der Waals surface area contributed by atoms with Crippen LogP contribution in [0.5, 0.6) is 0 Å². The molecule has 1 unspecified atom stereocenters. The van der Waals surface area contributed by atoms with Gasteiger partial charge in [0.25, 0.3) is 0 Å². The van der Waals surface area contributed by atoms with Gasteiger partial charge in [0.2, 0.25) is 0 Å². The molecule has 10 heavy (non-hydrogen) atoms. The van der Waals surface area contributed by atoms with Crippen LogP contribution >= 0.6 is 0 Å². The maximum atomic E-state index is 9.91. The second kappa shape index (κ2) is 4.23. The predicted molar refractivity (Wildman–Crippen MR) is 40.8 cm³/mol. The van der Waals surface area contributed by atoms with Crippen LogP contribution in [0, 0.1) is 0 Å². The normalized spacial score (nSPS) is 25.8. The maximum absolute atomic E-state index is 9.91. The second-order valence-corrected chi connectivity index (χ2v) is 2.53. The van der Waals surface area contributed by atoms with Crippen LogP contribution in [0.4, 0.5) is 0 Å². The Labute approximate surface area is 61.3 Å². The van der Waals surface area contributed by atoms with Crippen molar-refractivity contribution >= 4 is 6.29 Å². The van der Waals surface area contributed by atoms with Gasteiger partial charge in [0.05, 0.1) is 0 Å². The minimum absolute atomic E-state index is 0.528. The Morgan fingerprint density at radius 2 is 2.50 bits per heavy atom. The highest BCUT2D eigenvalue weighted by Crippen LogP contribution is 2.05. The standard InChI is InChI=1S/C8H13NO/c10-7-2-1-4-8-5-3-6-9-8/h1,4,7-9H,2-3,5-6H2/b4-1-. The fourth-order valence-corrected chi connectivity index (χ4v) is 1.17. The summed E-state index contributed by atoms with van der Waals surface area (Å²) in [5.74, 6) is 0. The molecule has 1 aliphatic rings. The third-order valence-electron chi connectivity index (χ3n) is 1.70. The van der Waals surface area contributed by atoms with Crippen molar-refractivity contribution in [2.45, 2.75) is 25.3 Å². The van der Waals surface area contributed by atoms with Crippen molar-refractivity contribution in [1.29, 1.82) is 0 Å². The molecule has 1 aliphatic heterocycles. The summed E-state index contributed by atoms with van der Waals surface area (Å²) in [6, 6.07) is 0.528. The first-order valence-corrected chi connectivity index (χ1v) is 3.77. The molecule has 0 aliphatic carbocycles. The zero-order valence-corrected chi connectivity index (χ0v) is 6.05. The van der Waals surface area contributed by atoms with E-state index >= 15 is 0 Å². The van der Waals surface area contributed by atoms with E-state index in [2.05, 4.69) is 11.4 Å². The molecule has 56 valence electrons. The summed E-state index contributed by atoms with van der Waals surface area (Å²) in [4.78, 5) is 9.91. The van der Waals surface area contributed by atoms with Gasteiger partial charge in [-0.15, -0.1) is 0 Å². The van der Waals surface area contributed by atoms with E-state index in [1.54, 1.807) is 0 Å². The molecule has 0 saturated carbocycles. The molecule has 1 saturated heterocycles. The van der Waals surface area contributed by atoms with Gasteiger partial charge in [-0.25, -0.2) is 0 Å². The SMILES string of the molecule is O=CC/C=C\C1CCCN1. The van der Waals surface area contributed by atoms with Crippen molar-refractivity contribution in [2.75, 3.05) is 6.54 Å². The van der Waals surface area contributed by atoms with Gasteiger partial charge >= 0.3 is 0 Å². The average Bonchev–Trinajstić information content (AvgIpc) is 2.41. The first-order chi connectivity index (χ1) is 4.93. The van der Waals surface area contributed by atoms with Crippen LogP contribution in [0.2, 0.25) is 0 Å². The number of carbonyl (C=O) groups is 1. The highest BCUT2D eigenvalue weighted by atomic mass is 16.1. The average molecular weight is 139 g/mol. The Balaban J connectivity index is 2.16. The summed E-state index contributed by atoms with van der Waals surface area (Å²) >= 11 is 0. The molecule has 0 aromatic heterocycles. The fraction of sp³-hybridized carbons (Fsp3) is 0.625. The van der Waals surface area contributed by atoms with Crippen molar-refractivity contribution < 1.29 is 4.79 Å². The number of aldehydes is 1. The Morgan fingerprint density at radius 1 is 1.60 bits per heavy atom. The first kappa shape index (κ1) is 7.48. The molecule has 1 atom stereocenters. The van der Waals surface area contributed by atoms with Crippen LogP contribution in [-0.2, 0) is 4.79 Å². The largest absolute Gasteiger partial charge is 0.311 e. The van der Waals surface area contributed by atoms with Crippen molar-refractivity contribution in [3.05, 3.63) is 12.2 Å². The van der Waals surface area contributed by atoms with Gasteiger partial charge in [0.15, 0.2) is 0 Å². The van der Waals surface area contributed by atoms with Crippen molar-refractivity contribution in [2.24, 2.45) is 0 Å². The van der Waals surface area contributed by atoms with Crippen molar-refractivity contribution in [3.8, 4) is 0 Å². The Hall–Kier alpha value is -0.630. The number of hydrogen-bond acceptors (Lipinski definition) is 2. The van der Waals surface area contributed by atoms with E-state index in [4.69, 9.17) is 0 Å². The lowest BCUT2D eigenvalue weighted by molar-refractivity contribution is -0.107. The number of hydrogen-bond donors (Lipinski definition) is 1. The van der Waals surface area contributed by atoms with E-state index in [1.807, 2.05) is 6.08 Å². The van der Waals surface area contributed by atoms with Gasteiger partial charge in [0, 0.05) is 12.5 Å². The minimum atomic E-state index is 0.528. The van der Waals surface area contributed by atoms with Crippen LogP contribution in [0.15, 0.2) is 12.2 Å².